The van der Waals surface area contributed by atoms with Gasteiger partial charge in [-0.1, -0.05) is 30.3 Å². The number of aromatic nitrogens is 2. The van der Waals surface area contributed by atoms with Gasteiger partial charge in [-0.25, -0.2) is 4.98 Å². The summed E-state index contributed by atoms with van der Waals surface area (Å²) in [7, 11) is 0. The third-order valence-corrected chi connectivity index (χ3v) is 6.93. The SMILES string of the molecule is O=c1[nH]c(C2CCN(C[C@@H]3CCOC3)CC2)nc2c1CN(Cc1ccccc1)CC2. The van der Waals surface area contributed by atoms with Crippen molar-refractivity contribution in [2.75, 3.05) is 39.4 Å². The Morgan fingerprint density at radius 3 is 2.67 bits per heavy atom. The normalized spacial score (nSPS) is 23.5. The zero-order valence-electron chi connectivity index (χ0n) is 17.7. The molecular formula is C24H32N4O2. The molecule has 5 rings (SSSR count). The van der Waals surface area contributed by atoms with Gasteiger partial charge >= 0.3 is 0 Å². The van der Waals surface area contributed by atoms with Crippen LogP contribution in [-0.4, -0.2) is 59.2 Å². The average Bonchev–Trinajstić information content (AvgIpc) is 3.28. The fraction of sp³-hybridized carbons (Fsp3) is 0.583. The molecule has 0 aliphatic carbocycles. The molecule has 160 valence electrons. The second-order valence-corrected chi connectivity index (χ2v) is 9.13. The highest BCUT2D eigenvalue weighted by Crippen LogP contribution is 2.27. The van der Waals surface area contributed by atoms with E-state index >= 15 is 0 Å². The second-order valence-electron chi connectivity index (χ2n) is 9.13. The smallest absolute Gasteiger partial charge is 0.255 e. The minimum absolute atomic E-state index is 0.0679. The number of ether oxygens (including phenoxy) is 1. The molecule has 1 atom stereocenters. The van der Waals surface area contributed by atoms with E-state index in [2.05, 4.69) is 39.0 Å². The fourth-order valence-corrected chi connectivity index (χ4v) is 5.15. The minimum atomic E-state index is 0.0679. The molecule has 0 saturated carbocycles. The van der Waals surface area contributed by atoms with Gasteiger partial charge in [0.2, 0.25) is 0 Å². The molecule has 0 radical (unpaired) electrons. The molecule has 6 nitrogen and oxygen atoms in total. The summed E-state index contributed by atoms with van der Waals surface area (Å²) in [6.07, 6.45) is 4.21. The van der Waals surface area contributed by atoms with Crippen LogP contribution in [-0.2, 0) is 24.2 Å². The highest BCUT2D eigenvalue weighted by molar-refractivity contribution is 5.23. The van der Waals surface area contributed by atoms with Gasteiger partial charge in [0.15, 0.2) is 0 Å². The van der Waals surface area contributed by atoms with Gasteiger partial charge in [0.25, 0.3) is 5.56 Å². The number of aromatic amines is 1. The quantitative estimate of drug-likeness (QED) is 0.824. The molecule has 6 heteroatoms. The standard InChI is InChI=1S/C24H32N4O2/c29-24-21-16-28(14-18-4-2-1-3-5-18)12-8-22(21)25-23(26-24)20-6-10-27(11-7-20)15-19-9-13-30-17-19/h1-5,19-20H,6-17H2,(H,25,26,29)/t19-/m0/s1. The van der Waals surface area contributed by atoms with E-state index in [-0.39, 0.29) is 5.56 Å². The maximum absolute atomic E-state index is 12.9. The fourth-order valence-electron chi connectivity index (χ4n) is 5.15. The van der Waals surface area contributed by atoms with E-state index < -0.39 is 0 Å². The lowest BCUT2D eigenvalue weighted by atomic mass is 9.94. The summed E-state index contributed by atoms with van der Waals surface area (Å²) in [4.78, 5) is 25.9. The monoisotopic (exact) mass is 408 g/mol. The molecule has 0 unspecified atom stereocenters. The number of H-pyrrole nitrogens is 1. The van der Waals surface area contributed by atoms with Gasteiger partial charge in [0, 0.05) is 45.1 Å². The predicted octanol–water partition coefficient (Wildman–Crippen LogP) is 2.54. The van der Waals surface area contributed by atoms with E-state index in [0.717, 1.165) is 82.3 Å². The first-order valence-electron chi connectivity index (χ1n) is 11.4. The second kappa shape index (κ2) is 9.00. The van der Waals surface area contributed by atoms with E-state index in [9.17, 15) is 4.79 Å². The molecule has 1 aromatic carbocycles. The summed E-state index contributed by atoms with van der Waals surface area (Å²) in [5, 5.41) is 0. The van der Waals surface area contributed by atoms with Crippen LogP contribution in [0.4, 0.5) is 0 Å². The molecule has 3 aliphatic heterocycles. The van der Waals surface area contributed by atoms with Crippen molar-refractivity contribution < 1.29 is 4.74 Å². The first kappa shape index (κ1) is 19.9. The Labute approximate surface area is 178 Å². The first-order chi connectivity index (χ1) is 14.7. The van der Waals surface area contributed by atoms with Gasteiger partial charge in [-0.15, -0.1) is 0 Å². The van der Waals surface area contributed by atoms with Crippen molar-refractivity contribution in [2.45, 2.75) is 44.7 Å². The van der Waals surface area contributed by atoms with Crippen LogP contribution in [0.5, 0.6) is 0 Å². The van der Waals surface area contributed by atoms with Gasteiger partial charge < -0.3 is 14.6 Å². The molecule has 3 aliphatic rings. The Hall–Kier alpha value is -2.02. The summed E-state index contributed by atoms with van der Waals surface area (Å²) in [5.74, 6) is 1.99. The number of hydrogen-bond donors (Lipinski definition) is 1. The Bertz CT molecular complexity index is 899. The maximum Gasteiger partial charge on any atom is 0.255 e. The van der Waals surface area contributed by atoms with Crippen molar-refractivity contribution in [1.82, 2.24) is 19.8 Å². The Kier molecular flexibility index (Phi) is 5.97. The molecule has 2 fully saturated rings. The lowest BCUT2D eigenvalue weighted by Gasteiger charge is -2.33. The van der Waals surface area contributed by atoms with Crippen molar-refractivity contribution in [2.24, 2.45) is 5.92 Å². The van der Waals surface area contributed by atoms with E-state index in [0.29, 0.717) is 18.4 Å². The van der Waals surface area contributed by atoms with Crippen molar-refractivity contribution in [3.05, 3.63) is 63.3 Å². The van der Waals surface area contributed by atoms with E-state index in [1.165, 1.54) is 12.0 Å². The molecule has 2 saturated heterocycles. The number of fused-ring (bicyclic) bond motifs is 1. The number of nitrogens with zero attached hydrogens (tertiary/aromatic N) is 3. The van der Waals surface area contributed by atoms with E-state index in [1.807, 2.05) is 6.07 Å². The van der Waals surface area contributed by atoms with Gasteiger partial charge in [0.1, 0.15) is 5.82 Å². The van der Waals surface area contributed by atoms with Crippen LogP contribution in [0.1, 0.15) is 47.8 Å². The van der Waals surface area contributed by atoms with Gasteiger partial charge in [-0.2, -0.15) is 0 Å². The third-order valence-electron chi connectivity index (χ3n) is 6.93. The van der Waals surface area contributed by atoms with Gasteiger partial charge in [-0.05, 0) is 43.8 Å². The van der Waals surface area contributed by atoms with Crippen LogP contribution in [0, 0.1) is 5.92 Å². The largest absolute Gasteiger partial charge is 0.381 e. The summed E-state index contributed by atoms with van der Waals surface area (Å²) in [6, 6.07) is 10.5. The van der Waals surface area contributed by atoms with Crippen molar-refractivity contribution in [1.29, 1.82) is 0 Å². The third kappa shape index (κ3) is 4.51. The van der Waals surface area contributed by atoms with Crippen LogP contribution in [0.25, 0.3) is 0 Å². The zero-order valence-corrected chi connectivity index (χ0v) is 17.7. The highest BCUT2D eigenvalue weighted by Gasteiger charge is 2.28. The Balaban J connectivity index is 1.21. The Morgan fingerprint density at radius 2 is 1.90 bits per heavy atom. The molecule has 2 aromatic rings. The molecule has 1 aromatic heterocycles. The molecule has 4 heterocycles. The summed E-state index contributed by atoms with van der Waals surface area (Å²) < 4.78 is 5.52. The predicted molar refractivity (Wildman–Crippen MR) is 116 cm³/mol. The number of likely N-dealkylation sites (tertiary alicyclic amines) is 1. The summed E-state index contributed by atoms with van der Waals surface area (Å²) >= 11 is 0. The van der Waals surface area contributed by atoms with Crippen molar-refractivity contribution in [3.63, 3.8) is 0 Å². The number of hydrogen-bond acceptors (Lipinski definition) is 5. The highest BCUT2D eigenvalue weighted by atomic mass is 16.5. The number of benzene rings is 1. The topological polar surface area (TPSA) is 61.5 Å². The van der Waals surface area contributed by atoms with Crippen molar-refractivity contribution in [3.8, 4) is 0 Å². The molecular weight excluding hydrogens is 376 g/mol. The minimum Gasteiger partial charge on any atom is -0.381 e. The lowest BCUT2D eigenvalue weighted by molar-refractivity contribution is 0.151. The van der Waals surface area contributed by atoms with Crippen LogP contribution >= 0.6 is 0 Å². The van der Waals surface area contributed by atoms with Crippen LogP contribution in [0.15, 0.2) is 35.1 Å². The molecule has 0 spiro atoms. The lowest BCUT2D eigenvalue weighted by Crippen LogP contribution is -2.39. The molecule has 0 amide bonds. The van der Waals surface area contributed by atoms with Crippen LogP contribution in [0.2, 0.25) is 0 Å². The zero-order chi connectivity index (χ0) is 20.3. The Morgan fingerprint density at radius 1 is 1.07 bits per heavy atom. The maximum atomic E-state index is 12.9. The van der Waals surface area contributed by atoms with Gasteiger partial charge in [0.05, 0.1) is 17.9 Å². The molecule has 1 N–H and O–H groups in total. The van der Waals surface area contributed by atoms with E-state index in [1.54, 1.807) is 0 Å². The first-order valence-corrected chi connectivity index (χ1v) is 11.4. The number of nitrogens with one attached hydrogen (secondary N) is 1. The van der Waals surface area contributed by atoms with Crippen LogP contribution in [0.3, 0.4) is 0 Å². The molecule has 30 heavy (non-hydrogen) atoms. The summed E-state index contributed by atoms with van der Waals surface area (Å²) in [6.45, 7) is 7.70. The summed E-state index contributed by atoms with van der Waals surface area (Å²) in [5.41, 5.74) is 3.24. The average molecular weight is 409 g/mol. The van der Waals surface area contributed by atoms with E-state index in [4.69, 9.17) is 9.72 Å². The van der Waals surface area contributed by atoms with Crippen molar-refractivity contribution >= 4 is 0 Å². The molecule has 0 bridgehead atoms. The van der Waals surface area contributed by atoms with Gasteiger partial charge in [-0.3, -0.25) is 9.69 Å². The number of rotatable bonds is 5. The number of piperidine rings is 1. The van der Waals surface area contributed by atoms with Crippen LogP contribution < -0.4 is 5.56 Å².